The summed E-state index contributed by atoms with van der Waals surface area (Å²) >= 11 is 0. The molecule has 0 bridgehead atoms. The van der Waals surface area contributed by atoms with Gasteiger partial charge < -0.3 is 5.73 Å². The van der Waals surface area contributed by atoms with Gasteiger partial charge in [-0.05, 0) is 18.2 Å². The van der Waals surface area contributed by atoms with Crippen molar-refractivity contribution in [1.82, 2.24) is 9.78 Å². The average Bonchev–Trinajstić information content (AvgIpc) is 2.75. The first-order valence-corrected chi connectivity index (χ1v) is 6.95. The van der Waals surface area contributed by atoms with Gasteiger partial charge in [-0.2, -0.15) is 13.5 Å². The van der Waals surface area contributed by atoms with Gasteiger partial charge in [-0.15, -0.1) is 0 Å². The van der Waals surface area contributed by atoms with Crippen LogP contribution >= 0.6 is 0 Å². The number of anilines is 1. The molecule has 1 aromatic carbocycles. The third-order valence-electron chi connectivity index (χ3n) is 2.58. The van der Waals surface area contributed by atoms with Crippen LogP contribution in [-0.4, -0.2) is 24.0 Å². The Bertz CT molecular complexity index is 769. The number of hydrogen-bond donors (Lipinski definition) is 3. The van der Waals surface area contributed by atoms with Crippen LogP contribution in [0.15, 0.2) is 35.5 Å². The molecule has 9 heteroatoms. The molecule has 7 nitrogen and oxygen atoms in total. The first-order chi connectivity index (χ1) is 9.33. The first-order valence-electron chi connectivity index (χ1n) is 5.46. The summed E-state index contributed by atoms with van der Waals surface area (Å²) in [5.41, 5.74) is 4.88. The van der Waals surface area contributed by atoms with Crippen LogP contribution in [0, 0.1) is 11.2 Å². The minimum Gasteiger partial charge on any atom is -0.384 e. The molecule has 0 aliphatic heterocycles. The van der Waals surface area contributed by atoms with Gasteiger partial charge in [0.1, 0.15) is 11.7 Å². The summed E-state index contributed by atoms with van der Waals surface area (Å²) < 4.78 is 41.3. The van der Waals surface area contributed by atoms with E-state index >= 15 is 0 Å². The second-order valence-corrected chi connectivity index (χ2v) is 5.60. The van der Waals surface area contributed by atoms with Gasteiger partial charge in [0.05, 0.1) is 17.4 Å². The van der Waals surface area contributed by atoms with Gasteiger partial charge in [0.15, 0.2) is 5.03 Å². The number of hydrogen-bond acceptors (Lipinski definition) is 4. The van der Waals surface area contributed by atoms with Crippen molar-refractivity contribution in [3.63, 3.8) is 0 Å². The number of benzene rings is 1. The van der Waals surface area contributed by atoms with Crippen molar-refractivity contribution in [3.05, 3.63) is 41.8 Å². The number of rotatable bonds is 4. The van der Waals surface area contributed by atoms with Gasteiger partial charge in [-0.1, -0.05) is 6.07 Å². The Kier molecular flexibility index (Phi) is 3.45. The number of halogens is 1. The zero-order chi connectivity index (χ0) is 14.9. The number of nitrogen functional groups attached to an aromatic ring is 1. The molecule has 0 saturated heterocycles. The maximum atomic E-state index is 13.6. The van der Waals surface area contributed by atoms with Crippen LogP contribution in [-0.2, 0) is 17.1 Å². The van der Waals surface area contributed by atoms with E-state index in [2.05, 4.69) is 9.82 Å². The molecule has 0 amide bonds. The van der Waals surface area contributed by atoms with Crippen LogP contribution in [0.1, 0.15) is 5.56 Å². The lowest BCUT2D eigenvalue weighted by Gasteiger charge is -2.12. The van der Waals surface area contributed by atoms with E-state index in [1.807, 2.05) is 0 Å². The fraction of sp³-hybridized carbons (Fsp3) is 0.0909. The highest BCUT2D eigenvalue weighted by atomic mass is 32.2. The number of nitrogens with zero attached hydrogens (tertiary/aromatic N) is 2. The van der Waals surface area contributed by atoms with E-state index in [0.29, 0.717) is 0 Å². The Morgan fingerprint density at radius 1 is 1.45 bits per heavy atom. The first kappa shape index (κ1) is 14.0. The number of aryl methyl sites for hydroxylation is 1. The summed E-state index contributed by atoms with van der Waals surface area (Å²) in [6.07, 6.45) is 1.33. The van der Waals surface area contributed by atoms with Crippen LogP contribution in [0.3, 0.4) is 0 Å². The quantitative estimate of drug-likeness (QED) is 0.567. The molecular formula is C11H12FN5O2S. The lowest BCUT2D eigenvalue weighted by Crippen LogP contribution is -2.21. The van der Waals surface area contributed by atoms with E-state index in [1.165, 1.54) is 31.4 Å². The van der Waals surface area contributed by atoms with Gasteiger partial charge in [0, 0.05) is 7.05 Å². The van der Waals surface area contributed by atoms with Gasteiger partial charge >= 0.3 is 0 Å². The Balaban J connectivity index is 2.48. The van der Waals surface area contributed by atoms with Gasteiger partial charge in [0.2, 0.25) is 0 Å². The number of aromatic nitrogens is 2. The number of nitrogens with two attached hydrogens (primary N) is 1. The van der Waals surface area contributed by atoms with Crippen molar-refractivity contribution < 1.29 is 12.8 Å². The highest BCUT2D eigenvalue weighted by molar-refractivity contribution is 7.92. The maximum absolute atomic E-state index is 13.6. The van der Waals surface area contributed by atoms with Crippen LogP contribution in [0.25, 0.3) is 0 Å². The molecule has 0 aliphatic carbocycles. The van der Waals surface area contributed by atoms with Crippen LogP contribution in [0.4, 0.5) is 10.1 Å². The Labute approximate surface area is 114 Å². The van der Waals surface area contributed by atoms with Crippen molar-refractivity contribution >= 4 is 21.5 Å². The Morgan fingerprint density at radius 3 is 2.70 bits per heavy atom. The van der Waals surface area contributed by atoms with Crippen molar-refractivity contribution in [1.29, 1.82) is 5.41 Å². The van der Waals surface area contributed by atoms with Crippen molar-refractivity contribution in [2.24, 2.45) is 12.8 Å². The molecule has 106 valence electrons. The molecule has 0 atom stereocenters. The molecule has 0 radical (unpaired) electrons. The van der Waals surface area contributed by atoms with Crippen molar-refractivity contribution in [2.45, 2.75) is 5.03 Å². The molecule has 0 saturated carbocycles. The normalized spacial score (nSPS) is 11.3. The van der Waals surface area contributed by atoms with E-state index in [4.69, 9.17) is 11.1 Å². The largest absolute Gasteiger partial charge is 0.384 e. The summed E-state index contributed by atoms with van der Waals surface area (Å²) in [5.74, 6) is -1.34. The highest BCUT2D eigenvalue weighted by Crippen LogP contribution is 2.21. The standard InChI is InChI=1S/C11H12FN5O2S/c1-17-9(5-6-15-17)20(18,19)16-8-4-2-3-7(12)10(8)11(13)14/h2-6,16H,1H3,(H3,13,14). The molecule has 2 rings (SSSR count). The monoisotopic (exact) mass is 297 g/mol. The molecule has 0 aliphatic rings. The third kappa shape index (κ3) is 2.48. The predicted molar refractivity (Wildman–Crippen MR) is 71.4 cm³/mol. The molecule has 20 heavy (non-hydrogen) atoms. The maximum Gasteiger partial charge on any atom is 0.279 e. The number of nitrogens with one attached hydrogen (secondary N) is 2. The molecule has 1 aromatic heterocycles. The summed E-state index contributed by atoms with van der Waals surface area (Å²) in [5, 5.41) is 11.0. The topological polar surface area (TPSA) is 114 Å². The summed E-state index contributed by atoms with van der Waals surface area (Å²) in [7, 11) is -2.48. The highest BCUT2D eigenvalue weighted by Gasteiger charge is 2.21. The second-order valence-electron chi connectivity index (χ2n) is 3.97. The molecule has 0 fully saturated rings. The van der Waals surface area contributed by atoms with E-state index in [1.54, 1.807) is 0 Å². The molecule has 0 spiro atoms. The SMILES string of the molecule is Cn1nccc1S(=O)(=O)Nc1cccc(F)c1C(=N)N. The Morgan fingerprint density at radius 2 is 2.15 bits per heavy atom. The average molecular weight is 297 g/mol. The van der Waals surface area contributed by atoms with E-state index in [9.17, 15) is 12.8 Å². The van der Waals surface area contributed by atoms with Crippen molar-refractivity contribution in [3.8, 4) is 0 Å². The summed E-state index contributed by atoms with van der Waals surface area (Å²) in [6.45, 7) is 0. The van der Waals surface area contributed by atoms with E-state index < -0.39 is 21.7 Å². The Hall–Kier alpha value is -2.42. The summed E-state index contributed by atoms with van der Waals surface area (Å²) in [4.78, 5) is 0. The zero-order valence-electron chi connectivity index (χ0n) is 10.5. The summed E-state index contributed by atoms with van der Waals surface area (Å²) in [6, 6.07) is 5.05. The van der Waals surface area contributed by atoms with E-state index in [0.717, 1.165) is 10.7 Å². The van der Waals surface area contributed by atoms with E-state index in [-0.39, 0.29) is 16.3 Å². The second kappa shape index (κ2) is 4.93. The number of amidine groups is 1. The lowest BCUT2D eigenvalue weighted by molar-refractivity contribution is 0.582. The smallest absolute Gasteiger partial charge is 0.279 e. The third-order valence-corrected chi connectivity index (χ3v) is 4.02. The van der Waals surface area contributed by atoms with Crippen LogP contribution in [0.2, 0.25) is 0 Å². The molecule has 2 aromatic rings. The molecule has 1 heterocycles. The van der Waals surface area contributed by atoms with Crippen LogP contribution < -0.4 is 10.5 Å². The predicted octanol–water partition coefficient (Wildman–Crippen LogP) is 0.644. The minimum absolute atomic E-state index is 0.0868. The molecular weight excluding hydrogens is 285 g/mol. The van der Waals surface area contributed by atoms with Crippen LogP contribution in [0.5, 0.6) is 0 Å². The van der Waals surface area contributed by atoms with Gasteiger partial charge in [-0.3, -0.25) is 14.8 Å². The molecule has 4 N–H and O–H groups in total. The van der Waals surface area contributed by atoms with Gasteiger partial charge in [-0.25, -0.2) is 4.39 Å². The number of sulfonamides is 1. The lowest BCUT2D eigenvalue weighted by atomic mass is 10.1. The fourth-order valence-corrected chi connectivity index (χ4v) is 2.90. The fourth-order valence-electron chi connectivity index (χ4n) is 1.71. The van der Waals surface area contributed by atoms with Gasteiger partial charge in [0.25, 0.3) is 10.0 Å². The zero-order valence-corrected chi connectivity index (χ0v) is 11.3. The molecule has 0 unspecified atom stereocenters. The van der Waals surface area contributed by atoms with Crippen molar-refractivity contribution in [2.75, 3.05) is 4.72 Å². The minimum atomic E-state index is -3.94.